The van der Waals surface area contributed by atoms with Crippen LogP contribution in [0.4, 0.5) is 0 Å². The number of imidazole rings is 1. The molecule has 0 aliphatic carbocycles. The third kappa shape index (κ3) is 2.85. The van der Waals surface area contributed by atoms with Crippen molar-refractivity contribution in [2.45, 2.75) is 18.7 Å². The van der Waals surface area contributed by atoms with Crippen molar-refractivity contribution in [3.05, 3.63) is 42.9 Å². The zero-order valence-corrected chi connectivity index (χ0v) is 13.8. The Morgan fingerprint density at radius 2 is 1.83 bits per heavy atom. The number of aromatic nitrogens is 3. The van der Waals surface area contributed by atoms with Crippen molar-refractivity contribution < 1.29 is 8.42 Å². The first-order chi connectivity index (χ1) is 11.1. The van der Waals surface area contributed by atoms with Crippen molar-refractivity contribution in [1.82, 2.24) is 19.3 Å². The first-order valence-electron chi connectivity index (χ1n) is 7.38. The topological polar surface area (TPSA) is 79.0 Å². The van der Waals surface area contributed by atoms with Gasteiger partial charge in [0.2, 0.25) is 10.0 Å². The Labute approximate surface area is 135 Å². The van der Waals surface area contributed by atoms with E-state index in [1.807, 2.05) is 19.9 Å². The number of hydrogen-bond acceptors (Lipinski definition) is 4. The normalized spacial score (nSPS) is 12.1. The molecule has 1 aromatic carbocycles. The Morgan fingerprint density at radius 3 is 2.48 bits per heavy atom. The van der Waals surface area contributed by atoms with Crippen molar-refractivity contribution in [1.29, 1.82) is 0 Å². The monoisotopic (exact) mass is 329 g/mol. The number of H-pyrrole nitrogens is 1. The second-order valence-electron chi connectivity index (χ2n) is 5.05. The van der Waals surface area contributed by atoms with Gasteiger partial charge in [0, 0.05) is 24.8 Å². The highest BCUT2D eigenvalue weighted by molar-refractivity contribution is 7.89. The van der Waals surface area contributed by atoms with E-state index in [4.69, 9.17) is 0 Å². The van der Waals surface area contributed by atoms with Gasteiger partial charge in [-0.25, -0.2) is 18.4 Å². The third-order valence-electron chi connectivity index (χ3n) is 3.75. The van der Waals surface area contributed by atoms with E-state index in [1.54, 1.807) is 30.5 Å². The van der Waals surface area contributed by atoms with Crippen LogP contribution in [0, 0.1) is 6.33 Å². The predicted octanol–water partition coefficient (Wildman–Crippen LogP) is 2.46. The van der Waals surface area contributed by atoms with Crippen LogP contribution in [-0.2, 0) is 10.0 Å². The molecule has 2 heterocycles. The Bertz CT molecular complexity index is 913. The minimum absolute atomic E-state index is 0.298. The summed E-state index contributed by atoms with van der Waals surface area (Å²) in [4.78, 5) is 11.4. The fourth-order valence-electron chi connectivity index (χ4n) is 2.47. The number of pyridine rings is 1. The molecule has 0 saturated heterocycles. The molecule has 6 nitrogen and oxygen atoms in total. The number of sulfonamides is 1. The molecular weight excluding hydrogens is 312 g/mol. The van der Waals surface area contributed by atoms with Crippen LogP contribution in [0.15, 0.2) is 41.4 Å². The van der Waals surface area contributed by atoms with Crippen LogP contribution in [0.1, 0.15) is 13.8 Å². The van der Waals surface area contributed by atoms with Crippen LogP contribution in [0.3, 0.4) is 0 Å². The molecule has 0 spiro atoms. The van der Waals surface area contributed by atoms with Crippen molar-refractivity contribution in [2.75, 3.05) is 13.1 Å². The van der Waals surface area contributed by atoms with Crippen molar-refractivity contribution >= 4 is 21.2 Å². The highest BCUT2D eigenvalue weighted by atomic mass is 32.2. The lowest BCUT2D eigenvalue weighted by Crippen LogP contribution is -2.30. The number of aromatic amines is 1. The van der Waals surface area contributed by atoms with Gasteiger partial charge < -0.3 is 4.98 Å². The fraction of sp³-hybridized carbons (Fsp3) is 0.250. The quantitative estimate of drug-likeness (QED) is 0.780. The molecule has 0 atom stereocenters. The average molecular weight is 329 g/mol. The fourth-order valence-corrected chi connectivity index (χ4v) is 3.92. The number of benzene rings is 1. The molecule has 1 radical (unpaired) electrons. The smallest absolute Gasteiger partial charge is 0.243 e. The lowest BCUT2D eigenvalue weighted by atomic mass is 10.1. The summed E-state index contributed by atoms with van der Waals surface area (Å²) in [5, 5.41) is 0. The number of hydrogen-bond donors (Lipinski definition) is 1. The molecule has 0 unspecified atom stereocenters. The average Bonchev–Trinajstić information content (AvgIpc) is 3.03. The molecule has 0 aliphatic heterocycles. The van der Waals surface area contributed by atoms with Crippen LogP contribution in [0.25, 0.3) is 22.3 Å². The molecule has 119 valence electrons. The SMILES string of the molecule is CCN(CC)S(=O)(=O)c1ccc(-c2cnc3[nH][c]nc3c2)cc1. The van der Waals surface area contributed by atoms with Gasteiger partial charge in [-0.05, 0) is 23.8 Å². The summed E-state index contributed by atoms with van der Waals surface area (Å²) >= 11 is 0. The largest absolute Gasteiger partial charge is 0.320 e. The molecule has 23 heavy (non-hydrogen) atoms. The minimum Gasteiger partial charge on any atom is -0.320 e. The summed E-state index contributed by atoms with van der Waals surface area (Å²) in [5.41, 5.74) is 3.17. The zero-order valence-electron chi connectivity index (χ0n) is 12.9. The Balaban J connectivity index is 1.95. The second-order valence-corrected chi connectivity index (χ2v) is 6.99. The highest BCUT2D eigenvalue weighted by Gasteiger charge is 2.21. The van der Waals surface area contributed by atoms with E-state index in [0.717, 1.165) is 16.6 Å². The summed E-state index contributed by atoms with van der Waals surface area (Å²) in [7, 11) is -3.43. The molecule has 1 N–H and O–H groups in total. The van der Waals surface area contributed by atoms with E-state index in [-0.39, 0.29) is 0 Å². The molecule has 2 aromatic heterocycles. The standard InChI is InChI=1S/C16H17N4O2S/c1-3-20(4-2)23(21,22)14-7-5-12(6-8-14)13-9-15-16(17-10-13)19-11-18-15/h5-10H,3-4H2,1-2H3,(H,17,18,19). The second kappa shape index (κ2) is 6.10. The van der Waals surface area contributed by atoms with Gasteiger partial charge in [-0.1, -0.05) is 26.0 Å². The first kappa shape index (κ1) is 15.6. The number of nitrogens with one attached hydrogen (secondary N) is 1. The Hall–Kier alpha value is -2.25. The highest BCUT2D eigenvalue weighted by Crippen LogP contribution is 2.24. The lowest BCUT2D eigenvalue weighted by molar-refractivity contribution is 0.445. The van der Waals surface area contributed by atoms with Crippen molar-refractivity contribution in [2.24, 2.45) is 0 Å². The molecule has 0 saturated carbocycles. The molecule has 7 heteroatoms. The Kier molecular flexibility index (Phi) is 4.14. The predicted molar refractivity (Wildman–Crippen MR) is 88.3 cm³/mol. The van der Waals surface area contributed by atoms with Gasteiger partial charge in [0.05, 0.1) is 4.90 Å². The van der Waals surface area contributed by atoms with Crippen LogP contribution in [0.5, 0.6) is 0 Å². The lowest BCUT2D eigenvalue weighted by Gasteiger charge is -2.18. The van der Waals surface area contributed by atoms with Gasteiger partial charge in [-0.2, -0.15) is 4.31 Å². The summed E-state index contributed by atoms with van der Waals surface area (Å²) in [6, 6.07) is 8.72. The minimum atomic E-state index is -3.43. The summed E-state index contributed by atoms with van der Waals surface area (Å²) in [6.45, 7) is 4.57. The van der Waals surface area contributed by atoms with Crippen LogP contribution in [0.2, 0.25) is 0 Å². The molecule has 0 fully saturated rings. The van der Waals surface area contributed by atoms with Crippen LogP contribution in [-0.4, -0.2) is 40.8 Å². The van der Waals surface area contributed by atoms with E-state index >= 15 is 0 Å². The number of nitrogens with zero attached hydrogens (tertiary/aromatic N) is 3. The maximum absolute atomic E-state index is 12.5. The van der Waals surface area contributed by atoms with Gasteiger partial charge in [-0.15, -0.1) is 0 Å². The summed E-state index contributed by atoms with van der Waals surface area (Å²) in [5.74, 6) is 0. The van der Waals surface area contributed by atoms with Gasteiger partial charge in [0.25, 0.3) is 0 Å². The van der Waals surface area contributed by atoms with Gasteiger partial charge in [0.1, 0.15) is 5.52 Å². The van der Waals surface area contributed by atoms with Gasteiger partial charge in [0.15, 0.2) is 12.0 Å². The molecule has 0 aliphatic rings. The third-order valence-corrected chi connectivity index (χ3v) is 5.81. The number of rotatable bonds is 5. The van der Waals surface area contributed by atoms with E-state index < -0.39 is 10.0 Å². The zero-order chi connectivity index (χ0) is 16.4. The first-order valence-corrected chi connectivity index (χ1v) is 8.82. The molecule has 3 aromatic rings. The van der Waals surface area contributed by atoms with Crippen molar-refractivity contribution in [3.8, 4) is 11.1 Å². The summed E-state index contributed by atoms with van der Waals surface area (Å²) < 4.78 is 26.4. The van der Waals surface area contributed by atoms with E-state index in [0.29, 0.717) is 23.6 Å². The van der Waals surface area contributed by atoms with Crippen LogP contribution < -0.4 is 0 Å². The molecule has 0 bridgehead atoms. The Morgan fingerprint density at radius 1 is 1.13 bits per heavy atom. The molecular formula is C16H17N4O2S. The molecule has 0 amide bonds. The van der Waals surface area contributed by atoms with Gasteiger partial charge >= 0.3 is 0 Å². The maximum Gasteiger partial charge on any atom is 0.243 e. The maximum atomic E-state index is 12.5. The van der Waals surface area contributed by atoms with Gasteiger partial charge in [-0.3, -0.25) is 0 Å². The summed E-state index contributed by atoms with van der Waals surface area (Å²) in [6.07, 6.45) is 4.37. The number of fused-ring (bicyclic) bond motifs is 1. The van der Waals surface area contributed by atoms with Crippen molar-refractivity contribution in [3.63, 3.8) is 0 Å². The van der Waals surface area contributed by atoms with E-state index in [1.165, 1.54) is 4.31 Å². The van der Waals surface area contributed by atoms with E-state index in [9.17, 15) is 8.42 Å². The van der Waals surface area contributed by atoms with Crippen LogP contribution >= 0.6 is 0 Å². The van der Waals surface area contributed by atoms with E-state index in [2.05, 4.69) is 21.3 Å². The molecule has 3 rings (SSSR count).